The molecule has 0 fully saturated rings. The van der Waals surface area contributed by atoms with Gasteiger partial charge in [0.15, 0.2) is 5.16 Å². The zero-order valence-corrected chi connectivity index (χ0v) is 21.1. The summed E-state index contributed by atoms with van der Waals surface area (Å²) in [6, 6.07) is 18.5. The van der Waals surface area contributed by atoms with E-state index in [1.165, 1.54) is 11.8 Å². The molecular weight excluding hydrogens is 489 g/mol. The quantitative estimate of drug-likeness (QED) is 0.253. The van der Waals surface area contributed by atoms with Crippen LogP contribution in [0.3, 0.4) is 0 Å². The van der Waals surface area contributed by atoms with Gasteiger partial charge in [-0.25, -0.2) is 4.98 Å². The molecule has 34 heavy (non-hydrogen) atoms. The van der Waals surface area contributed by atoms with Gasteiger partial charge in [-0.3, -0.25) is 14.2 Å². The number of halogens is 2. The minimum Gasteiger partial charge on any atom is -0.355 e. The first-order chi connectivity index (χ1) is 16.3. The molecule has 0 unspecified atom stereocenters. The van der Waals surface area contributed by atoms with Crippen LogP contribution in [0.5, 0.6) is 0 Å². The number of thioether (sulfide) groups is 1. The number of nitrogens with one attached hydrogen (secondary N) is 1. The Balaban J connectivity index is 1.54. The lowest BCUT2D eigenvalue weighted by molar-refractivity contribution is -0.118. The molecule has 0 aliphatic rings. The molecule has 4 aromatic rings. The van der Waals surface area contributed by atoms with E-state index in [0.717, 1.165) is 22.4 Å². The van der Waals surface area contributed by atoms with Crippen LogP contribution in [0.25, 0.3) is 16.6 Å². The Hall–Kier alpha value is -2.80. The number of carbonyl (C=O) groups is 1. The van der Waals surface area contributed by atoms with Crippen molar-refractivity contribution >= 4 is 51.8 Å². The van der Waals surface area contributed by atoms with Crippen molar-refractivity contribution in [3.8, 4) is 5.69 Å². The third-order valence-electron chi connectivity index (χ3n) is 5.40. The first-order valence-corrected chi connectivity index (χ1v) is 12.5. The highest BCUT2D eigenvalue weighted by Crippen LogP contribution is 2.24. The van der Waals surface area contributed by atoms with E-state index in [1.54, 1.807) is 22.8 Å². The third kappa shape index (κ3) is 5.46. The van der Waals surface area contributed by atoms with E-state index < -0.39 is 0 Å². The van der Waals surface area contributed by atoms with Crippen LogP contribution in [0.1, 0.15) is 16.7 Å². The largest absolute Gasteiger partial charge is 0.355 e. The van der Waals surface area contributed by atoms with Crippen LogP contribution in [0.15, 0.2) is 70.6 Å². The molecule has 0 atom stereocenters. The van der Waals surface area contributed by atoms with Crippen molar-refractivity contribution in [2.75, 3.05) is 12.3 Å². The maximum Gasteiger partial charge on any atom is 0.266 e. The van der Waals surface area contributed by atoms with Crippen molar-refractivity contribution in [3.63, 3.8) is 0 Å². The molecule has 4 rings (SSSR count). The van der Waals surface area contributed by atoms with Gasteiger partial charge in [0.2, 0.25) is 5.91 Å². The zero-order valence-electron chi connectivity index (χ0n) is 18.8. The van der Waals surface area contributed by atoms with Crippen molar-refractivity contribution < 1.29 is 4.79 Å². The lowest BCUT2D eigenvalue weighted by atomic mass is 10.1. The summed E-state index contributed by atoms with van der Waals surface area (Å²) < 4.78 is 1.60. The summed E-state index contributed by atoms with van der Waals surface area (Å²) in [5.41, 5.74) is 4.20. The molecule has 0 radical (unpaired) electrons. The number of hydrogen-bond donors (Lipinski definition) is 1. The Labute approximate surface area is 212 Å². The van der Waals surface area contributed by atoms with E-state index in [1.807, 2.05) is 56.3 Å². The van der Waals surface area contributed by atoms with Gasteiger partial charge in [0.1, 0.15) is 0 Å². The Morgan fingerprint density at radius 3 is 2.62 bits per heavy atom. The number of aryl methyl sites for hydroxylation is 2. The fourth-order valence-corrected chi connectivity index (χ4v) is 5.06. The van der Waals surface area contributed by atoms with Gasteiger partial charge in [0.05, 0.1) is 22.3 Å². The topological polar surface area (TPSA) is 64.0 Å². The molecule has 0 bridgehead atoms. The molecule has 1 amide bonds. The number of para-hydroxylation sites is 1. The first kappa shape index (κ1) is 24.3. The molecule has 0 spiro atoms. The Morgan fingerprint density at radius 1 is 1.06 bits per heavy atom. The lowest BCUT2D eigenvalue weighted by Gasteiger charge is -2.15. The molecule has 0 aliphatic heterocycles. The average molecular weight is 512 g/mol. The summed E-state index contributed by atoms with van der Waals surface area (Å²) in [6.07, 6.45) is 0.591. The van der Waals surface area contributed by atoms with E-state index in [9.17, 15) is 9.59 Å². The number of amides is 1. The molecule has 1 N–H and O–H groups in total. The molecule has 8 heteroatoms. The average Bonchev–Trinajstić information content (AvgIpc) is 2.80. The second-order valence-electron chi connectivity index (χ2n) is 7.97. The van der Waals surface area contributed by atoms with Crippen molar-refractivity contribution in [1.82, 2.24) is 14.9 Å². The van der Waals surface area contributed by atoms with Crippen LogP contribution < -0.4 is 10.9 Å². The van der Waals surface area contributed by atoms with Gasteiger partial charge in [0.25, 0.3) is 5.56 Å². The standard InChI is InChI=1S/C26H23Cl2N3O2S/c1-16-7-10-23(17(2)13-16)31-25(33)20-5-3-4-6-22(20)30-26(31)34-15-24(32)29-12-11-18-8-9-19(27)14-21(18)28/h3-10,13-14H,11-12,15H2,1-2H3,(H,29,32). The minimum atomic E-state index is -0.155. The van der Waals surface area contributed by atoms with Gasteiger partial charge in [-0.05, 0) is 61.7 Å². The fourth-order valence-electron chi connectivity index (χ4n) is 3.72. The van der Waals surface area contributed by atoms with Crippen LogP contribution in [-0.4, -0.2) is 27.8 Å². The maximum atomic E-state index is 13.4. The van der Waals surface area contributed by atoms with Crippen LogP contribution in [0, 0.1) is 13.8 Å². The lowest BCUT2D eigenvalue weighted by Crippen LogP contribution is -2.28. The van der Waals surface area contributed by atoms with Gasteiger partial charge in [-0.15, -0.1) is 0 Å². The number of hydrogen-bond acceptors (Lipinski definition) is 4. The van der Waals surface area contributed by atoms with E-state index in [0.29, 0.717) is 39.1 Å². The first-order valence-electron chi connectivity index (χ1n) is 10.8. The molecule has 174 valence electrons. The molecule has 1 aromatic heterocycles. The highest BCUT2D eigenvalue weighted by atomic mass is 35.5. The molecule has 0 saturated carbocycles. The van der Waals surface area contributed by atoms with Gasteiger partial charge in [-0.1, -0.05) is 70.9 Å². The Bertz CT molecular complexity index is 1440. The van der Waals surface area contributed by atoms with Gasteiger partial charge >= 0.3 is 0 Å². The minimum absolute atomic E-state index is 0.129. The van der Waals surface area contributed by atoms with Crippen LogP contribution in [0.4, 0.5) is 0 Å². The van der Waals surface area contributed by atoms with Crippen LogP contribution in [-0.2, 0) is 11.2 Å². The molecule has 3 aromatic carbocycles. The highest BCUT2D eigenvalue weighted by molar-refractivity contribution is 7.99. The summed E-state index contributed by atoms with van der Waals surface area (Å²) in [5, 5.41) is 5.08. The second kappa shape index (κ2) is 10.6. The highest BCUT2D eigenvalue weighted by Gasteiger charge is 2.16. The molecule has 0 aliphatic carbocycles. The summed E-state index contributed by atoms with van der Waals surface area (Å²) in [7, 11) is 0. The number of fused-ring (bicyclic) bond motifs is 1. The maximum absolute atomic E-state index is 13.4. The van der Waals surface area contributed by atoms with Crippen molar-refractivity contribution in [2.45, 2.75) is 25.4 Å². The van der Waals surface area contributed by atoms with Gasteiger partial charge in [0, 0.05) is 16.6 Å². The SMILES string of the molecule is Cc1ccc(-n2c(SCC(=O)NCCc3ccc(Cl)cc3Cl)nc3ccccc3c2=O)c(C)c1. The summed E-state index contributed by atoms with van der Waals surface area (Å²) in [5.74, 6) is -0.0194. The number of carbonyl (C=O) groups excluding carboxylic acids is 1. The van der Waals surface area contributed by atoms with E-state index in [2.05, 4.69) is 5.32 Å². The molecular formula is C26H23Cl2N3O2S. The summed E-state index contributed by atoms with van der Waals surface area (Å²) >= 11 is 13.4. The van der Waals surface area contributed by atoms with E-state index in [-0.39, 0.29) is 17.2 Å². The Morgan fingerprint density at radius 2 is 1.85 bits per heavy atom. The monoisotopic (exact) mass is 511 g/mol. The smallest absolute Gasteiger partial charge is 0.266 e. The molecule has 0 saturated heterocycles. The summed E-state index contributed by atoms with van der Waals surface area (Å²) in [4.78, 5) is 30.7. The number of rotatable bonds is 7. The zero-order chi connectivity index (χ0) is 24.2. The van der Waals surface area contributed by atoms with Crippen molar-refractivity contribution in [2.24, 2.45) is 0 Å². The molecule has 1 heterocycles. The van der Waals surface area contributed by atoms with Crippen molar-refractivity contribution in [1.29, 1.82) is 0 Å². The second-order valence-corrected chi connectivity index (χ2v) is 9.75. The number of aromatic nitrogens is 2. The number of nitrogens with zero attached hydrogens (tertiary/aromatic N) is 2. The Kier molecular flexibility index (Phi) is 7.61. The van der Waals surface area contributed by atoms with Gasteiger partial charge in [-0.2, -0.15) is 0 Å². The van der Waals surface area contributed by atoms with Crippen molar-refractivity contribution in [3.05, 3.63) is 97.8 Å². The van der Waals surface area contributed by atoms with E-state index >= 15 is 0 Å². The normalized spacial score (nSPS) is 11.1. The third-order valence-corrected chi connectivity index (χ3v) is 6.93. The predicted octanol–water partition coefficient (Wildman–Crippen LogP) is 5.76. The van der Waals surface area contributed by atoms with E-state index in [4.69, 9.17) is 28.2 Å². The number of benzene rings is 3. The molecule has 5 nitrogen and oxygen atoms in total. The fraction of sp³-hybridized carbons (Fsp3) is 0.192. The van der Waals surface area contributed by atoms with Crippen LogP contribution in [0.2, 0.25) is 10.0 Å². The van der Waals surface area contributed by atoms with Gasteiger partial charge < -0.3 is 5.32 Å². The predicted molar refractivity (Wildman–Crippen MR) is 141 cm³/mol. The summed E-state index contributed by atoms with van der Waals surface area (Å²) in [6.45, 7) is 4.41. The van der Waals surface area contributed by atoms with Crippen LogP contribution >= 0.6 is 35.0 Å².